The number of nitrogens with two attached hydrogens (primary N) is 1. The zero-order chi connectivity index (χ0) is 21.7. The van der Waals surface area contributed by atoms with Gasteiger partial charge in [0.2, 0.25) is 5.91 Å². The number of carbonyl (C=O) groups is 1. The second kappa shape index (κ2) is 7.05. The van der Waals surface area contributed by atoms with Gasteiger partial charge in [0.05, 0.1) is 23.8 Å². The van der Waals surface area contributed by atoms with E-state index in [-0.39, 0.29) is 12.1 Å². The molecule has 2 aromatic heterocycles. The van der Waals surface area contributed by atoms with Crippen LogP contribution in [0.3, 0.4) is 0 Å². The van der Waals surface area contributed by atoms with Crippen molar-refractivity contribution in [2.45, 2.75) is 6.54 Å². The zero-order valence-electron chi connectivity index (χ0n) is 16.0. The van der Waals surface area contributed by atoms with Crippen LogP contribution in [0.5, 0.6) is 0 Å². The predicted molar refractivity (Wildman–Crippen MR) is 111 cm³/mol. The number of hydrogen-bond donors (Lipinski definition) is 1. The Labute approximate surface area is 174 Å². The molecule has 4 nitrogen and oxygen atoms in total. The van der Waals surface area contributed by atoms with E-state index >= 15 is 0 Å². The number of primary amides is 1. The Bertz CT molecular complexity index is 1470. The summed E-state index contributed by atoms with van der Waals surface area (Å²) in [5.41, 5.74) is 7.33. The maximum absolute atomic E-state index is 14.4. The standard InChI is InChI=1S/C24H15F3N2O2/c25-17-8-9-18(26)23(27)16(17)12-29-19-4-1-3-15(24(28)30)22(19)14-7-6-13(11-20(14)29)21-5-2-10-31-21/h1-11H,12H2,(H2,28,30). The molecule has 0 saturated carbocycles. The minimum atomic E-state index is -1.25. The molecule has 0 fully saturated rings. The molecule has 5 aromatic rings. The maximum atomic E-state index is 14.4. The second-order valence-corrected chi connectivity index (χ2v) is 7.18. The summed E-state index contributed by atoms with van der Waals surface area (Å²) in [4.78, 5) is 12.1. The molecule has 0 spiro atoms. The maximum Gasteiger partial charge on any atom is 0.249 e. The molecule has 7 heteroatoms. The Hall–Kier alpha value is -4.00. The van der Waals surface area contributed by atoms with E-state index in [4.69, 9.17) is 10.2 Å². The summed E-state index contributed by atoms with van der Waals surface area (Å²) in [5.74, 6) is -3.25. The summed E-state index contributed by atoms with van der Waals surface area (Å²) < 4.78 is 49.8. The van der Waals surface area contributed by atoms with Gasteiger partial charge in [0.1, 0.15) is 11.6 Å². The van der Waals surface area contributed by atoms with Gasteiger partial charge in [-0.25, -0.2) is 13.2 Å². The van der Waals surface area contributed by atoms with Crippen LogP contribution >= 0.6 is 0 Å². The summed E-state index contributed by atoms with van der Waals surface area (Å²) >= 11 is 0. The average molecular weight is 420 g/mol. The monoisotopic (exact) mass is 420 g/mol. The third kappa shape index (κ3) is 2.97. The van der Waals surface area contributed by atoms with Gasteiger partial charge in [-0.2, -0.15) is 0 Å². The molecule has 0 bridgehead atoms. The molecular weight excluding hydrogens is 405 g/mol. The molecule has 0 aliphatic heterocycles. The van der Waals surface area contributed by atoms with Crippen LogP contribution < -0.4 is 5.73 Å². The van der Waals surface area contributed by atoms with E-state index < -0.39 is 28.9 Å². The van der Waals surface area contributed by atoms with Crippen molar-refractivity contribution in [2.24, 2.45) is 5.73 Å². The smallest absolute Gasteiger partial charge is 0.249 e. The van der Waals surface area contributed by atoms with Gasteiger partial charge < -0.3 is 14.7 Å². The van der Waals surface area contributed by atoms with Gasteiger partial charge >= 0.3 is 0 Å². The van der Waals surface area contributed by atoms with Gasteiger partial charge in [0.15, 0.2) is 11.6 Å². The molecule has 2 heterocycles. The number of rotatable bonds is 4. The van der Waals surface area contributed by atoms with Gasteiger partial charge in [0, 0.05) is 27.5 Å². The molecule has 0 aliphatic carbocycles. The number of amides is 1. The fraction of sp³-hybridized carbons (Fsp3) is 0.0417. The molecule has 1 amide bonds. The van der Waals surface area contributed by atoms with Crippen LogP contribution in [-0.4, -0.2) is 10.5 Å². The topological polar surface area (TPSA) is 61.2 Å². The van der Waals surface area contributed by atoms with E-state index in [1.807, 2.05) is 6.07 Å². The number of fused-ring (bicyclic) bond motifs is 3. The summed E-state index contributed by atoms with van der Waals surface area (Å²) in [6.45, 7) is -0.279. The van der Waals surface area contributed by atoms with Crippen molar-refractivity contribution in [3.05, 3.63) is 95.5 Å². The summed E-state index contributed by atoms with van der Waals surface area (Å²) in [7, 11) is 0. The van der Waals surface area contributed by atoms with Crippen LogP contribution in [0.15, 0.2) is 71.3 Å². The number of halogens is 3. The largest absolute Gasteiger partial charge is 0.464 e. The third-order valence-corrected chi connectivity index (χ3v) is 5.42. The molecule has 0 atom stereocenters. The van der Waals surface area contributed by atoms with Crippen molar-refractivity contribution < 1.29 is 22.4 Å². The fourth-order valence-electron chi connectivity index (χ4n) is 3.99. The molecular formula is C24H15F3N2O2. The predicted octanol–water partition coefficient (Wildman–Crippen LogP) is 5.62. The van der Waals surface area contributed by atoms with Gasteiger partial charge in [-0.15, -0.1) is 0 Å². The van der Waals surface area contributed by atoms with E-state index in [2.05, 4.69) is 0 Å². The van der Waals surface area contributed by atoms with Crippen molar-refractivity contribution in [2.75, 3.05) is 0 Å². The lowest BCUT2D eigenvalue weighted by Gasteiger charge is -2.11. The first kappa shape index (κ1) is 19.0. The Morgan fingerprint density at radius 2 is 1.74 bits per heavy atom. The Morgan fingerprint density at radius 3 is 2.48 bits per heavy atom. The molecule has 5 rings (SSSR count). The van der Waals surface area contributed by atoms with Crippen molar-refractivity contribution >= 4 is 27.7 Å². The van der Waals surface area contributed by atoms with Gasteiger partial charge in [0.25, 0.3) is 0 Å². The van der Waals surface area contributed by atoms with E-state index in [1.54, 1.807) is 47.0 Å². The Kier molecular flexibility index (Phi) is 4.32. The van der Waals surface area contributed by atoms with Crippen molar-refractivity contribution in [1.82, 2.24) is 4.57 Å². The normalized spacial score (nSPS) is 11.5. The van der Waals surface area contributed by atoms with Gasteiger partial charge in [-0.05, 0) is 42.5 Å². The molecule has 0 saturated heterocycles. The fourth-order valence-corrected chi connectivity index (χ4v) is 3.99. The van der Waals surface area contributed by atoms with E-state index in [0.717, 1.165) is 17.7 Å². The van der Waals surface area contributed by atoms with E-state index in [9.17, 15) is 18.0 Å². The second-order valence-electron chi connectivity index (χ2n) is 7.18. The van der Waals surface area contributed by atoms with Crippen LogP contribution in [-0.2, 0) is 6.54 Å². The van der Waals surface area contributed by atoms with E-state index in [0.29, 0.717) is 27.6 Å². The van der Waals surface area contributed by atoms with Crippen LogP contribution in [0.4, 0.5) is 13.2 Å². The minimum Gasteiger partial charge on any atom is -0.464 e. The number of nitrogens with zero attached hydrogens (tertiary/aromatic N) is 1. The lowest BCUT2D eigenvalue weighted by molar-refractivity contribution is 0.100. The lowest BCUT2D eigenvalue weighted by atomic mass is 10.0. The van der Waals surface area contributed by atoms with Crippen LogP contribution in [0.1, 0.15) is 15.9 Å². The molecule has 0 unspecified atom stereocenters. The number of hydrogen-bond acceptors (Lipinski definition) is 2. The first-order valence-corrected chi connectivity index (χ1v) is 9.46. The highest BCUT2D eigenvalue weighted by atomic mass is 19.2. The number of benzene rings is 3. The van der Waals surface area contributed by atoms with Crippen LogP contribution in [0, 0.1) is 17.5 Å². The van der Waals surface area contributed by atoms with Gasteiger partial charge in [-0.1, -0.05) is 18.2 Å². The number of carbonyl (C=O) groups excluding carboxylic acids is 1. The number of furan rings is 1. The molecule has 154 valence electrons. The lowest BCUT2D eigenvalue weighted by Crippen LogP contribution is -2.11. The Balaban J connectivity index is 1.85. The van der Waals surface area contributed by atoms with Crippen molar-refractivity contribution in [1.29, 1.82) is 0 Å². The molecule has 0 aliphatic rings. The molecule has 3 aromatic carbocycles. The quantitative estimate of drug-likeness (QED) is 0.384. The first-order valence-electron chi connectivity index (χ1n) is 9.46. The van der Waals surface area contributed by atoms with E-state index in [1.165, 1.54) is 6.26 Å². The van der Waals surface area contributed by atoms with Gasteiger partial charge in [-0.3, -0.25) is 4.79 Å². The zero-order valence-corrected chi connectivity index (χ0v) is 16.0. The summed E-state index contributed by atoms with van der Waals surface area (Å²) in [6, 6.07) is 15.6. The molecule has 31 heavy (non-hydrogen) atoms. The van der Waals surface area contributed by atoms with Crippen molar-refractivity contribution in [3.63, 3.8) is 0 Å². The SMILES string of the molecule is NC(=O)c1cccc2c1c1ccc(-c3ccco3)cc1n2Cc1c(F)ccc(F)c1F. The highest BCUT2D eigenvalue weighted by molar-refractivity contribution is 6.18. The Morgan fingerprint density at radius 1 is 0.935 bits per heavy atom. The van der Waals surface area contributed by atoms with Crippen LogP contribution in [0.2, 0.25) is 0 Å². The average Bonchev–Trinajstić information content (AvgIpc) is 3.40. The minimum absolute atomic E-state index is 0.279. The highest BCUT2D eigenvalue weighted by Crippen LogP contribution is 2.35. The molecule has 0 radical (unpaired) electrons. The molecule has 2 N–H and O–H groups in total. The highest BCUT2D eigenvalue weighted by Gasteiger charge is 2.21. The summed E-state index contributed by atoms with van der Waals surface area (Å²) in [6.07, 6.45) is 1.54. The third-order valence-electron chi connectivity index (χ3n) is 5.42. The van der Waals surface area contributed by atoms with Crippen LogP contribution in [0.25, 0.3) is 33.1 Å². The number of aromatic nitrogens is 1. The first-order chi connectivity index (χ1) is 15.0. The summed E-state index contributed by atoms with van der Waals surface area (Å²) in [5, 5.41) is 1.24. The van der Waals surface area contributed by atoms with Crippen molar-refractivity contribution in [3.8, 4) is 11.3 Å².